The lowest BCUT2D eigenvalue weighted by atomic mass is 10.4. The highest BCUT2D eigenvalue weighted by atomic mass is 32.2. The summed E-state index contributed by atoms with van der Waals surface area (Å²) in [7, 11) is -1.51. The van der Waals surface area contributed by atoms with Crippen LogP contribution in [0.3, 0.4) is 0 Å². The van der Waals surface area contributed by atoms with Crippen LogP contribution in [0.15, 0.2) is 16.5 Å². The molecule has 0 aromatic carbocycles. The number of aromatic carboxylic acids is 1. The molecule has 1 N–H and O–H groups in total. The van der Waals surface area contributed by atoms with Gasteiger partial charge in [0.15, 0.2) is 0 Å². The first-order valence-electron chi connectivity index (χ1n) is 6.93. The normalized spacial score (nSPS) is 12.0. The van der Waals surface area contributed by atoms with Gasteiger partial charge >= 0.3 is 11.9 Å². The van der Waals surface area contributed by atoms with Crippen LogP contribution in [0, 0.1) is 0 Å². The molecule has 0 amide bonds. The maximum atomic E-state index is 11.7. The number of unbranched alkanes of at least 4 members (excludes halogenated alkanes) is 1. The lowest BCUT2D eigenvalue weighted by molar-refractivity contribution is -0.142. The smallest absolute Gasteiger partial charge is 0.371 e. The van der Waals surface area contributed by atoms with Crippen LogP contribution in [0.1, 0.15) is 36.1 Å². The fourth-order valence-corrected chi connectivity index (χ4v) is 2.44. The van der Waals surface area contributed by atoms with Crippen molar-refractivity contribution in [2.75, 3.05) is 25.6 Å². The van der Waals surface area contributed by atoms with E-state index in [9.17, 15) is 13.8 Å². The van der Waals surface area contributed by atoms with Gasteiger partial charge < -0.3 is 19.0 Å². The number of carboxylic acids is 1. The van der Waals surface area contributed by atoms with E-state index in [0.717, 1.165) is 12.8 Å². The predicted molar refractivity (Wildman–Crippen MR) is 79.1 cm³/mol. The Morgan fingerprint density at radius 2 is 2.05 bits per heavy atom. The van der Waals surface area contributed by atoms with E-state index in [0.29, 0.717) is 13.2 Å². The topological polar surface area (TPSA) is 103 Å². The van der Waals surface area contributed by atoms with Crippen LogP contribution in [0.25, 0.3) is 0 Å². The molecular weight excluding hydrogens is 312 g/mol. The molecule has 1 aromatic heterocycles. The second kappa shape index (κ2) is 10.1. The highest BCUT2D eigenvalue weighted by Crippen LogP contribution is 2.10. The molecule has 0 fully saturated rings. The van der Waals surface area contributed by atoms with Crippen LogP contribution in [-0.2, 0) is 30.8 Å². The molecule has 0 spiro atoms. The molecule has 7 nitrogen and oxygen atoms in total. The van der Waals surface area contributed by atoms with Gasteiger partial charge in [-0.05, 0) is 18.6 Å². The maximum absolute atomic E-state index is 11.7. The third-order valence-corrected chi connectivity index (χ3v) is 3.75. The summed E-state index contributed by atoms with van der Waals surface area (Å²) in [5, 5.41) is 8.70. The minimum absolute atomic E-state index is 0.0324. The van der Waals surface area contributed by atoms with Crippen molar-refractivity contribution in [3.8, 4) is 0 Å². The monoisotopic (exact) mass is 332 g/mol. The lowest BCUT2D eigenvalue weighted by Gasteiger charge is -2.05. The Labute approximate surface area is 131 Å². The van der Waals surface area contributed by atoms with Crippen molar-refractivity contribution in [3.63, 3.8) is 0 Å². The first-order chi connectivity index (χ1) is 10.5. The highest BCUT2D eigenvalue weighted by Gasteiger charge is 2.14. The Hall–Kier alpha value is -1.67. The van der Waals surface area contributed by atoms with Gasteiger partial charge in [-0.1, -0.05) is 13.3 Å². The molecule has 1 heterocycles. The molecule has 0 saturated heterocycles. The van der Waals surface area contributed by atoms with E-state index in [1.165, 1.54) is 12.1 Å². The summed E-state index contributed by atoms with van der Waals surface area (Å²) in [6.07, 6.45) is 1.99. The Kier molecular flexibility index (Phi) is 8.46. The molecule has 22 heavy (non-hydrogen) atoms. The van der Waals surface area contributed by atoms with Crippen LogP contribution in [0.2, 0.25) is 0 Å². The molecule has 0 aliphatic rings. The molecule has 1 aromatic rings. The summed E-state index contributed by atoms with van der Waals surface area (Å²) < 4.78 is 26.8. The van der Waals surface area contributed by atoms with E-state index in [1.54, 1.807) is 0 Å². The van der Waals surface area contributed by atoms with Crippen LogP contribution >= 0.6 is 0 Å². The van der Waals surface area contributed by atoms with E-state index in [1.807, 2.05) is 0 Å². The van der Waals surface area contributed by atoms with E-state index < -0.39 is 22.7 Å². The molecular formula is C14H20O7S. The van der Waals surface area contributed by atoms with Gasteiger partial charge in [0, 0.05) is 17.4 Å². The van der Waals surface area contributed by atoms with Crippen molar-refractivity contribution in [2.45, 2.75) is 25.5 Å². The number of furan rings is 1. The highest BCUT2D eigenvalue weighted by molar-refractivity contribution is 7.84. The molecule has 8 heteroatoms. The minimum atomic E-state index is -1.51. The SMILES string of the molecule is CCCCOCCOC(=O)CS(=O)Cc1ccc(C(=O)O)o1. The number of carboxylic acid groups (broad SMARTS) is 1. The summed E-state index contributed by atoms with van der Waals surface area (Å²) >= 11 is 0. The summed E-state index contributed by atoms with van der Waals surface area (Å²) in [6, 6.07) is 2.70. The van der Waals surface area contributed by atoms with Crippen molar-refractivity contribution in [3.05, 3.63) is 23.7 Å². The Bertz CT molecular complexity index is 509. The van der Waals surface area contributed by atoms with E-state index >= 15 is 0 Å². The van der Waals surface area contributed by atoms with E-state index in [2.05, 4.69) is 6.92 Å². The lowest BCUT2D eigenvalue weighted by Crippen LogP contribution is -2.17. The quantitative estimate of drug-likeness (QED) is 0.485. The Balaban J connectivity index is 2.20. The average molecular weight is 332 g/mol. The van der Waals surface area contributed by atoms with Gasteiger partial charge in [0.05, 0.1) is 12.4 Å². The first-order valence-corrected chi connectivity index (χ1v) is 8.42. The van der Waals surface area contributed by atoms with E-state index in [4.69, 9.17) is 19.0 Å². The summed E-state index contributed by atoms with van der Waals surface area (Å²) in [4.78, 5) is 22.1. The van der Waals surface area contributed by atoms with Crippen molar-refractivity contribution in [2.24, 2.45) is 0 Å². The fourth-order valence-electron chi connectivity index (χ4n) is 1.52. The average Bonchev–Trinajstić information content (AvgIpc) is 2.91. The van der Waals surface area contributed by atoms with Crippen molar-refractivity contribution in [1.82, 2.24) is 0 Å². The number of esters is 1. The molecule has 0 aliphatic heterocycles. The standard InChI is InChI=1S/C14H20O7S/c1-2-3-6-19-7-8-20-13(15)10-22(18)9-11-4-5-12(21-11)14(16)17/h4-5H,2-3,6-10H2,1H3,(H,16,17). The number of rotatable bonds is 11. The zero-order chi connectivity index (χ0) is 16.4. The van der Waals surface area contributed by atoms with Crippen LogP contribution in [0.4, 0.5) is 0 Å². The van der Waals surface area contributed by atoms with Crippen LogP contribution in [-0.4, -0.2) is 46.8 Å². The molecule has 1 atom stereocenters. The minimum Gasteiger partial charge on any atom is -0.475 e. The van der Waals surface area contributed by atoms with Gasteiger partial charge in [-0.2, -0.15) is 0 Å². The Morgan fingerprint density at radius 3 is 2.68 bits per heavy atom. The van der Waals surface area contributed by atoms with Gasteiger partial charge in [-0.15, -0.1) is 0 Å². The zero-order valence-electron chi connectivity index (χ0n) is 12.4. The Morgan fingerprint density at radius 1 is 1.27 bits per heavy atom. The molecule has 0 aliphatic carbocycles. The molecule has 124 valence electrons. The third kappa shape index (κ3) is 7.37. The molecule has 0 saturated carbocycles. The number of hydrogen-bond donors (Lipinski definition) is 1. The third-order valence-electron chi connectivity index (χ3n) is 2.59. The molecule has 0 radical (unpaired) electrons. The second-order valence-corrected chi connectivity index (χ2v) is 5.94. The van der Waals surface area contributed by atoms with Crippen molar-refractivity contribution < 1.29 is 32.8 Å². The maximum Gasteiger partial charge on any atom is 0.371 e. The number of carbonyl (C=O) groups is 2. The van der Waals surface area contributed by atoms with Gasteiger partial charge in [-0.3, -0.25) is 9.00 Å². The van der Waals surface area contributed by atoms with Crippen LogP contribution in [0.5, 0.6) is 0 Å². The molecule has 1 rings (SSSR count). The predicted octanol–water partition coefficient (Wildman–Crippen LogP) is 1.59. The van der Waals surface area contributed by atoms with Crippen LogP contribution < -0.4 is 0 Å². The number of hydrogen-bond acceptors (Lipinski definition) is 6. The zero-order valence-corrected chi connectivity index (χ0v) is 13.2. The summed E-state index contributed by atoms with van der Waals surface area (Å²) in [5.74, 6) is -2.04. The fraction of sp³-hybridized carbons (Fsp3) is 0.571. The largest absolute Gasteiger partial charge is 0.475 e. The summed E-state index contributed by atoms with van der Waals surface area (Å²) in [5.41, 5.74) is 0. The van der Waals surface area contributed by atoms with E-state index in [-0.39, 0.29) is 29.6 Å². The molecule has 1 unspecified atom stereocenters. The van der Waals surface area contributed by atoms with Gasteiger partial charge in [0.1, 0.15) is 18.1 Å². The second-order valence-electron chi connectivity index (χ2n) is 4.49. The van der Waals surface area contributed by atoms with Gasteiger partial charge in [0.25, 0.3) is 0 Å². The number of carbonyl (C=O) groups excluding carboxylic acids is 1. The van der Waals surface area contributed by atoms with Gasteiger partial charge in [-0.25, -0.2) is 4.79 Å². The van der Waals surface area contributed by atoms with Crippen molar-refractivity contribution in [1.29, 1.82) is 0 Å². The van der Waals surface area contributed by atoms with Crippen molar-refractivity contribution >= 4 is 22.7 Å². The molecule has 0 bridgehead atoms. The summed E-state index contributed by atoms with van der Waals surface area (Å²) in [6.45, 7) is 3.13. The number of ether oxygens (including phenoxy) is 2. The van der Waals surface area contributed by atoms with Gasteiger partial charge in [0.2, 0.25) is 5.76 Å². The first kappa shape index (κ1) is 18.4.